The summed E-state index contributed by atoms with van der Waals surface area (Å²) in [7, 11) is 1.40. The number of para-hydroxylation sites is 2. The van der Waals surface area contributed by atoms with Crippen molar-refractivity contribution >= 4 is 17.0 Å². The molecule has 4 heteroatoms. The normalized spacial score (nSPS) is 10.6. The second kappa shape index (κ2) is 4.35. The number of hydrogen-bond donors (Lipinski definition) is 0. The summed E-state index contributed by atoms with van der Waals surface area (Å²) in [5, 5.41) is 0. The fourth-order valence-corrected chi connectivity index (χ4v) is 1.77. The third-order valence-electron chi connectivity index (χ3n) is 2.56. The third kappa shape index (κ3) is 1.78. The predicted octanol–water partition coefficient (Wildman–Crippen LogP) is 1.77. The number of carbonyl (C=O) groups is 1. The number of rotatable bonds is 3. The Hall–Kier alpha value is -1.84. The largest absolute Gasteiger partial charge is 0.468 e. The van der Waals surface area contributed by atoms with Gasteiger partial charge in [0.05, 0.1) is 18.1 Å². The molecule has 1 heterocycles. The van der Waals surface area contributed by atoms with Crippen molar-refractivity contribution in [2.75, 3.05) is 7.11 Å². The fourth-order valence-electron chi connectivity index (χ4n) is 1.77. The Morgan fingerprint density at radius 2 is 2.19 bits per heavy atom. The van der Waals surface area contributed by atoms with Crippen LogP contribution in [-0.2, 0) is 22.5 Å². The molecule has 0 amide bonds. The van der Waals surface area contributed by atoms with E-state index in [0.717, 1.165) is 23.3 Å². The van der Waals surface area contributed by atoms with Crippen LogP contribution in [-0.4, -0.2) is 22.6 Å². The van der Waals surface area contributed by atoms with Crippen LogP contribution in [0.25, 0.3) is 11.0 Å². The molecule has 0 aliphatic rings. The first-order valence-corrected chi connectivity index (χ1v) is 5.27. The molecule has 4 nitrogen and oxygen atoms in total. The minimum Gasteiger partial charge on any atom is -0.468 e. The lowest BCUT2D eigenvalue weighted by molar-refractivity contribution is -0.141. The van der Waals surface area contributed by atoms with Gasteiger partial charge < -0.3 is 9.30 Å². The van der Waals surface area contributed by atoms with Crippen molar-refractivity contribution in [1.29, 1.82) is 0 Å². The zero-order valence-corrected chi connectivity index (χ0v) is 9.43. The lowest BCUT2D eigenvalue weighted by Gasteiger charge is -2.05. The van der Waals surface area contributed by atoms with E-state index in [1.807, 2.05) is 35.8 Å². The molecule has 84 valence electrons. The van der Waals surface area contributed by atoms with E-state index < -0.39 is 0 Å². The van der Waals surface area contributed by atoms with Gasteiger partial charge in [0, 0.05) is 6.42 Å². The summed E-state index contributed by atoms with van der Waals surface area (Å²) in [6.45, 7) is 2.25. The summed E-state index contributed by atoms with van der Waals surface area (Å²) in [5.74, 6) is 0.657. The van der Waals surface area contributed by atoms with Crippen LogP contribution in [0.3, 0.4) is 0 Å². The highest BCUT2D eigenvalue weighted by Crippen LogP contribution is 2.16. The molecule has 1 aromatic carbocycles. The average Bonchev–Trinajstić information content (AvgIpc) is 2.67. The van der Waals surface area contributed by atoms with E-state index in [0.29, 0.717) is 0 Å². The third-order valence-corrected chi connectivity index (χ3v) is 2.56. The maximum absolute atomic E-state index is 11.3. The molecule has 2 aromatic rings. The Kier molecular flexibility index (Phi) is 2.90. The lowest BCUT2D eigenvalue weighted by Crippen LogP contribution is -2.13. The van der Waals surface area contributed by atoms with Gasteiger partial charge in [-0.05, 0) is 12.1 Å². The van der Waals surface area contributed by atoms with E-state index in [-0.39, 0.29) is 12.5 Å². The molecule has 16 heavy (non-hydrogen) atoms. The molecule has 0 saturated heterocycles. The van der Waals surface area contributed by atoms with Gasteiger partial charge in [-0.3, -0.25) is 4.79 Å². The number of carbonyl (C=O) groups excluding carboxylic acids is 1. The Balaban J connectivity index is 2.51. The van der Waals surface area contributed by atoms with E-state index in [1.54, 1.807) is 0 Å². The number of nitrogens with zero attached hydrogens (tertiary/aromatic N) is 2. The number of ether oxygens (including phenoxy) is 1. The molecule has 0 atom stereocenters. The molecule has 0 radical (unpaired) electrons. The molecule has 2 rings (SSSR count). The lowest BCUT2D eigenvalue weighted by atomic mass is 10.3. The van der Waals surface area contributed by atoms with Crippen LogP contribution in [0.5, 0.6) is 0 Å². The summed E-state index contributed by atoms with van der Waals surface area (Å²) in [6.07, 6.45) is 0.797. The molecular formula is C12H14N2O2. The zero-order valence-electron chi connectivity index (χ0n) is 9.43. The van der Waals surface area contributed by atoms with E-state index in [1.165, 1.54) is 7.11 Å². The zero-order chi connectivity index (χ0) is 11.5. The summed E-state index contributed by atoms with van der Waals surface area (Å²) < 4.78 is 6.59. The van der Waals surface area contributed by atoms with Crippen molar-refractivity contribution in [3.63, 3.8) is 0 Å². The van der Waals surface area contributed by atoms with Crippen molar-refractivity contribution in [1.82, 2.24) is 9.55 Å². The topological polar surface area (TPSA) is 44.1 Å². The van der Waals surface area contributed by atoms with E-state index in [4.69, 9.17) is 0 Å². The summed E-state index contributed by atoms with van der Waals surface area (Å²) in [5.41, 5.74) is 1.90. The van der Waals surface area contributed by atoms with Gasteiger partial charge in [0.15, 0.2) is 0 Å². The smallest absolute Gasteiger partial charge is 0.325 e. The van der Waals surface area contributed by atoms with Crippen molar-refractivity contribution < 1.29 is 9.53 Å². The highest BCUT2D eigenvalue weighted by molar-refractivity contribution is 5.78. The van der Waals surface area contributed by atoms with Gasteiger partial charge in [0.1, 0.15) is 12.4 Å². The van der Waals surface area contributed by atoms with Gasteiger partial charge in [0.2, 0.25) is 0 Å². The minimum absolute atomic E-state index is 0.222. The number of aryl methyl sites for hydroxylation is 1. The maximum Gasteiger partial charge on any atom is 0.325 e. The first kappa shape index (κ1) is 10.7. The van der Waals surface area contributed by atoms with Crippen molar-refractivity contribution in [3.8, 4) is 0 Å². The summed E-state index contributed by atoms with van der Waals surface area (Å²) >= 11 is 0. The number of benzene rings is 1. The Morgan fingerprint density at radius 3 is 2.88 bits per heavy atom. The van der Waals surface area contributed by atoms with E-state index in [9.17, 15) is 4.79 Å². The molecule has 0 bridgehead atoms. The van der Waals surface area contributed by atoms with Crippen LogP contribution in [0.15, 0.2) is 24.3 Å². The van der Waals surface area contributed by atoms with Crippen molar-refractivity contribution in [3.05, 3.63) is 30.1 Å². The Labute approximate surface area is 93.9 Å². The van der Waals surface area contributed by atoms with Crippen molar-refractivity contribution in [2.45, 2.75) is 19.9 Å². The van der Waals surface area contributed by atoms with Gasteiger partial charge >= 0.3 is 5.97 Å². The van der Waals surface area contributed by atoms with Gasteiger partial charge in [-0.1, -0.05) is 19.1 Å². The van der Waals surface area contributed by atoms with Gasteiger partial charge in [-0.15, -0.1) is 0 Å². The van der Waals surface area contributed by atoms with Crippen LogP contribution in [0, 0.1) is 0 Å². The average molecular weight is 218 g/mol. The molecule has 0 N–H and O–H groups in total. The van der Waals surface area contributed by atoms with Gasteiger partial charge in [-0.25, -0.2) is 4.98 Å². The molecule has 1 aromatic heterocycles. The Bertz CT molecular complexity index is 517. The van der Waals surface area contributed by atoms with Crippen LogP contribution in [0.4, 0.5) is 0 Å². The number of aromatic nitrogens is 2. The van der Waals surface area contributed by atoms with Crippen LogP contribution in [0.1, 0.15) is 12.7 Å². The monoisotopic (exact) mass is 218 g/mol. The minimum atomic E-state index is -0.252. The Morgan fingerprint density at radius 1 is 1.44 bits per heavy atom. The van der Waals surface area contributed by atoms with Crippen molar-refractivity contribution in [2.24, 2.45) is 0 Å². The molecule has 0 spiro atoms. The maximum atomic E-state index is 11.3. The molecule has 0 fully saturated rings. The fraction of sp³-hybridized carbons (Fsp3) is 0.333. The summed E-state index contributed by atoms with van der Waals surface area (Å²) in [6, 6.07) is 7.79. The van der Waals surface area contributed by atoms with Gasteiger partial charge in [-0.2, -0.15) is 0 Å². The molecular weight excluding hydrogens is 204 g/mol. The van der Waals surface area contributed by atoms with E-state index >= 15 is 0 Å². The van der Waals surface area contributed by atoms with Crippen LogP contribution < -0.4 is 0 Å². The molecule has 0 saturated carbocycles. The van der Waals surface area contributed by atoms with Gasteiger partial charge in [0.25, 0.3) is 0 Å². The molecule has 0 aliphatic carbocycles. The standard InChI is InChI=1S/C12H14N2O2/c1-3-11-13-9-6-4-5-7-10(9)14(11)8-12(15)16-2/h4-7H,3,8H2,1-2H3. The second-order valence-corrected chi connectivity index (χ2v) is 3.53. The van der Waals surface area contributed by atoms with Crippen LogP contribution >= 0.6 is 0 Å². The highest BCUT2D eigenvalue weighted by Gasteiger charge is 2.11. The first-order valence-electron chi connectivity index (χ1n) is 5.27. The predicted molar refractivity (Wildman–Crippen MR) is 61.1 cm³/mol. The summed E-state index contributed by atoms with van der Waals surface area (Å²) in [4.78, 5) is 15.8. The SMILES string of the molecule is CCc1nc2ccccc2n1CC(=O)OC. The number of esters is 1. The molecule has 0 aliphatic heterocycles. The molecule has 0 unspecified atom stereocenters. The second-order valence-electron chi connectivity index (χ2n) is 3.53. The number of imidazole rings is 1. The van der Waals surface area contributed by atoms with E-state index in [2.05, 4.69) is 9.72 Å². The number of fused-ring (bicyclic) bond motifs is 1. The first-order chi connectivity index (χ1) is 7.76. The van der Waals surface area contributed by atoms with Crippen LogP contribution in [0.2, 0.25) is 0 Å². The highest BCUT2D eigenvalue weighted by atomic mass is 16.5. The number of hydrogen-bond acceptors (Lipinski definition) is 3. The number of methoxy groups -OCH3 is 1. The quantitative estimate of drug-likeness (QED) is 0.737.